The lowest BCUT2D eigenvalue weighted by atomic mass is 10.1. The van der Waals surface area contributed by atoms with Crippen LogP contribution in [-0.2, 0) is 0 Å². The second-order valence-corrected chi connectivity index (χ2v) is 6.81. The Morgan fingerprint density at radius 2 is 1.65 bits per heavy atom. The summed E-state index contributed by atoms with van der Waals surface area (Å²) in [6.45, 7) is 0. The van der Waals surface area contributed by atoms with Crippen LogP contribution in [-0.4, -0.2) is 10.2 Å². The summed E-state index contributed by atoms with van der Waals surface area (Å²) in [6, 6.07) is 18.1. The molecule has 0 aliphatic heterocycles. The summed E-state index contributed by atoms with van der Waals surface area (Å²) >= 11 is 10.3. The summed E-state index contributed by atoms with van der Waals surface area (Å²) < 4.78 is 1.17. The first-order chi connectivity index (χ1) is 9.75. The molecule has 0 aliphatic rings. The van der Waals surface area contributed by atoms with Crippen molar-refractivity contribution in [2.75, 3.05) is 0 Å². The normalized spacial score (nSPS) is 12.3. The monoisotopic (exact) mass is 412 g/mol. The average molecular weight is 413 g/mol. The van der Waals surface area contributed by atoms with Gasteiger partial charge in [-0.05, 0) is 34.2 Å². The van der Waals surface area contributed by atoms with E-state index >= 15 is 0 Å². The molecule has 3 rings (SSSR count). The van der Waals surface area contributed by atoms with Crippen LogP contribution in [0.15, 0.2) is 54.6 Å². The lowest BCUT2D eigenvalue weighted by Gasteiger charge is -2.04. The second kappa shape index (κ2) is 6.20. The molecule has 0 bridgehead atoms. The van der Waals surface area contributed by atoms with Gasteiger partial charge in [-0.2, -0.15) is 0 Å². The molecule has 100 valence electrons. The topological polar surface area (TPSA) is 25.8 Å². The average Bonchev–Trinajstić information content (AvgIpc) is 2.97. The molecule has 1 unspecified atom stereocenters. The van der Waals surface area contributed by atoms with Gasteiger partial charge >= 0.3 is 0 Å². The number of rotatable bonds is 3. The number of hydrogen-bond acceptors (Lipinski definition) is 3. The largest absolute Gasteiger partial charge is 0.148 e. The molecule has 0 radical (unpaired) electrons. The SMILES string of the molecule is ClC(c1ccccc1)c1nnc(-c2ccccc2I)s1. The fourth-order valence-corrected chi connectivity index (χ4v) is 3.88. The van der Waals surface area contributed by atoms with Gasteiger partial charge in [0.2, 0.25) is 0 Å². The van der Waals surface area contributed by atoms with Crippen LogP contribution in [0.4, 0.5) is 0 Å². The number of alkyl halides is 1. The molecule has 1 atom stereocenters. The fraction of sp³-hybridized carbons (Fsp3) is 0.0667. The van der Waals surface area contributed by atoms with Crippen LogP contribution in [0.5, 0.6) is 0 Å². The number of halogens is 2. The fourth-order valence-electron chi connectivity index (χ4n) is 1.85. The quantitative estimate of drug-likeness (QED) is 0.440. The number of aromatic nitrogens is 2. The molecule has 0 fully saturated rings. The Labute approximate surface area is 140 Å². The van der Waals surface area contributed by atoms with Crippen molar-refractivity contribution in [2.45, 2.75) is 5.38 Å². The molecule has 0 N–H and O–H groups in total. The summed E-state index contributed by atoms with van der Waals surface area (Å²) in [5.41, 5.74) is 2.15. The van der Waals surface area contributed by atoms with E-state index in [1.165, 1.54) is 3.57 Å². The third-order valence-electron chi connectivity index (χ3n) is 2.85. The molecule has 1 aromatic heterocycles. The molecule has 0 aliphatic carbocycles. The van der Waals surface area contributed by atoms with E-state index in [1.807, 2.05) is 42.5 Å². The summed E-state index contributed by atoms with van der Waals surface area (Å²) in [7, 11) is 0. The molecule has 2 aromatic carbocycles. The first kappa shape index (κ1) is 14.0. The second-order valence-electron chi connectivity index (χ2n) is 4.20. The Balaban J connectivity index is 1.93. The zero-order chi connectivity index (χ0) is 13.9. The third-order valence-corrected chi connectivity index (χ3v) is 5.40. The van der Waals surface area contributed by atoms with Crippen molar-refractivity contribution in [3.05, 3.63) is 68.7 Å². The van der Waals surface area contributed by atoms with Gasteiger partial charge in [-0.1, -0.05) is 59.9 Å². The van der Waals surface area contributed by atoms with Gasteiger partial charge in [-0.3, -0.25) is 0 Å². The van der Waals surface area contributed by atoms with Gasteiger partial charge in [0.25, 0.3) is 0 Å². The van der Waals surface area contributed by atoms with Crippen molar-refractivity contribution >= 4 is 45.5 Å². The van der Waals surface area contributed by atoms with Crippen LogP contribution in [0.2, 0.25) is 0 Å². The molecule has 3 aromatic rings. The Kier molecular flexibility index (Phi) is 4.33. The Morgan fingerprint density at radius 3 is 2.40 bits per heavy atom. The Bertz CT molecular complexity index is 715. The van der Waals surface area contributed by atoms with E-state index in [9.17, 15) is 0 Å². The van der Waals surface area contributed by atoms with Crippen molar-refractivity contribution in [1.29, 1.82) is 0 Å². The number of benzene rings is 2. The van der Waals surface area contributed by atoms with Crippen LogP contribution in [0.3, 0.4) is 0 Å². The third kappa shape index (κ3) is 2.87. The molecule has 0 amide bonds. The highest BCUT2D eigenvalue weighted by atomic mass is 127. The maximum absolute atomic E-state index is 6.48. The minimum Gasteiger partial charge on any atom is -0.141 e. The number of nitrogens with zero attached hydrogens (tertiary/aromatic N) is 2. The standard InChI is InChI=1S/C15H10ClIN2S/c16-13(10-6-2-1-3-7-10)15-19-18-14(20-15)11-8-4-5-9-12(11)17/h1-9,13H. The van der Waals surface area contributed by atoms with Crippen molar-refractivity contribution in [2.24, 2.45) is 0 Å². The summed E-state index contributed by atoms with van der Waals surface area (Å²) in [5, 5.41) is 10.0. The zero-order valence-corrected chi connectivity index (χ0v) is 14.1. The lowest BCUT2D eigenvalue weighted by molar-refractivity contribution is 0.988. The minimum atomic E-state index is -0.246. The summed E-state index contributed by atoms with van der Waals surface area (Å²) in [6.07, 6.45) is 0. The van der Waals surface area contributed by atoms with E-state index in [1.54, 1.807) is 11.3 Å². The van der Waals surface area contributed by atoms with E-state index in [4.69, 9.17) is 11.6 Å². The van der Waals surface area contributed by atoms with E-state index in [0.717, 1.165) is 21.1 Å². The Morgan fingerprint density at radius 1 is 0.950 bits per heavy atom. The van der Waals surface area contributed by atoms with Gasteiger partial charge in [-0.15, -0.1) is 21.8 Å². The summed E-state index contributed by atoms with van der Waals surface area (Å²) in [5.74, 6) is 0. The molecule has 2 nitrogen and oxygen atoms in total. The van der Waals surface area contributed by atoms with Crippen LogP contribution in [0.25, 0.3) is 10.6 Å². The van der Waals surface area contributed by atoms with E-state index in [2.05, 4.69) is 44.9 Å². The molecule has 1 heterocycles. The molecular weight excluding hydrogens is 403 g/mol. The van der Waals surface area contributed by atoms with Gasteiger partial charge in [-0.25, -0.2) is 0 Å². The molecular formula is C15H10ClIN2S. The Hall–Kier alpha value is -0.980. The van der Waals surface area contributed by atoms with Gasteiger partial charge in [0.1, 0.15) is 15.4 Å². The first-order valence-corrected chi connectivity index (χ1v) is 8.36. The first-order valence-electron chi connectivity index (χ1n) is 6.03. The van der Waals surface area contributed by atoms with Crippen LogP contribution in [0, 0.1) is 3.57 Å². The molecule has 20 heavy (non-hydrogen) atoms. The molecule has 0 saturated heterocycles. The van der Waals surface area contributed by atoms with Crippen molar-refractivity contribution in [1.82, 2.24) is 10.2 Å². The van der Waals surface area contributed by atoms with Crippen LogP contribution in [0.1, 0.15) is 15.9 Å². The number of hydrogen-bond donors (Lipinski definition) is 0. The van der Waals surface area contributed by atoms with Gasteiger partial charge in [0.05, 0.1) is 0 Å². The maximum Gasteiger partial charge on any atom is 0.148 e. The minimum absolute atomic E-state index is 0.246. The highest BCUT2D eigenvalue weighted by molar-refractivity contribution is 14.1. The van der Waals surface area contributed by atoms with Gasteiger partial charge < -0.3 is 0 Å². The van der Waals surface area contributed by atoms with Gasteiger partial charge in [0, 0.05) is 9.13 Å². The highest BCUT2D eigenvalue weighted by Gasteiger charge is 2.17. The van der Waals surface area contributed by atoms with Crippen molar-refractivity contribution in [3.63, 3.8) is 0 Å². The molecule has 0 spiro atoms. The van der Waals surface area contributed by atoms with Crippen molar-refractivity contribution in [3.8, 4) is 10.6 Å². The van der Waals surface area contributed by atoms with E-state index in [0.29, 0.717) is 0 Å². The lowest BCUT2D eigenvalue weighted by Crippen LogP contribution is -1.91. The van der Waals surface area contributed by atoms with E-state index < -0.39 is 0 Å². The highest BCUT2D eigenvalue weighted by Crippen LogP contribution is 2.35. The van der Waals surface area contributed by atoms with Crippen LogP contribution < -0.4 is 0 Å². The van der Waals surface area contributed by atoms with Crippen LogP contribution >= 0.6 is 45.5 Å². The van der Waals surface area contributed by atoms with E-state index in [-0.39, 0.29) is 5.38 Å². The van der Waals surface area contributed by atoms with Gasteiger partial charge in [0.15, 0.2) is 0 Å². The smallest absolute Gasteiger partial charge is 0.141 e. The zero-order valence-electron chi connectivity index (χ0n) is 10.3. The van der Waals surface area contributed by atoms with Crippen molar-refractivity contribution < 1.29 is 0 Å². The predicted octanol–water partition coefficient (Wildman–Crippen LogP) is 5.14. The maximum atomic E-state index is 6.48. The summed E-state index contributed by atoms with van der Waals surface area (Å²) in [4.78, 5) is 0. The molecule has 0 saturated carbocycles. The molecule has 5 heteroatoms. The predicted molar refractivity (Wildman–Crippen MR) is 92.2 cm³/mol.